The maximum absolute atomic E-state index is 13.7. The Labute approximate surface area is 199 Å². The van der Waals surface area contributed by atoms with Gasteiger partial charge in [0, 0.05) is 51.4 Å². The molecule has 3 aromatic rings. The molecule has 0 aromatic carbocycles. The SMILES string of the molecule is O=C1CSc2ccc(CNC[C@H]3CN(CCn4c(=O)ccc5ncc(F)cc54)CCO3)nc2N1. The summed E-state index contributed by atoms with van der Waals surface area (Å²) in [4.78, 5) is 35.8. The van der Waals surface area contributed by atoms with Gasteiger partial charge in [-0.05, 0) is 18.2 Å². The Morgan fingerprint density at radius 3 is 3.06 bits per heavy atom. The van der Waals surface area contributed by atoms with Crippen molar-refractivity contribution < 1.29 is 13.9 Å². The quantitative estimate of drug-likeness (QED) is 0.520. The molecule has 0 spiro atoms. The minimum atomic E-state index is -0.459. The fraction of sp³-hybridized carbons (Fsp3) is 0.391. The third kappa shape index (κ3) is 5.27. The molecule has 1 amide bonds. The fourth-order valence-corrected chi connectivity index (χ4v) is 4.94. The number of aromatic nitrogens is 3. The van der Waals surface area contributed by atoms with Crippen LogP contribution in [0.15, 0.2) is 46.2 Å². The van der Waals surface area contributed by atoms with Crippen LogP contribution in [-0.4, -0.2) is 70.0 Å². The highest BCUT2D eigenvalue weighted by Gasteiger charge is 2.21. The maximum atomic E-state index is 13.7. The van der Waals surface area contributed by atoms with E-state index >= 15 is 0 Å². The first kappa shape index (κ1) is 22.9. The lowest BCUT2D eigenvalue weighted by Gasteiger charge is -2.33. The van der Waals surface area contributed by atoms with Gasteiger partial charge in [-0.3, -0.25) is 19.5 Å². The van der Waals surface area contributed by atoms with E-state index < -0.39 is 5.82 Å². The number of nitrogens with one attached hydrogen (secondary N) is 2. The Morgan fingerprint density at radius 2 is 2.15 bits per heavy atom. The van der Waals surface area contributed by atoms with Crippen LogP contribution in [0.25, 0.3) is 11.0 Å². The molecule has 0 aliphatic carbocycles. The Bertz CT molecular complexity index is 1270. The molecular formula is C23H25FN6O3S. The van der Waals surface area contributed by atoms with Gasteiger partial charge in [0.25, 0.3) is 5.56 Å². The second kappa shape index (κ2) is 10.2. The van der Waals surface area contributed by atoms with E-state index in [9.17, 15) is 14.0 Å². The molecule has 3 aromatic heterocycles. The molecule has 178 valence electrons. The van der Waals surface area contributed by atoms with Crippen LogP contribution < -0.4 is 16.2 Å². The van der Waals surface area contributed by atoms with Gasteiger partial charge >= 0.3 is 0 Å². The van der Waals surface area contributed by atoms with Crippen molar-refractivity contribution in [1.29, 1.82) is 0 Å². The number of halogens is 1. The first-order valence-corrected chi connectivity index (χ1v) is 12.2. The normalized spacial score (nSPS) is 18.6. The van der Waals surface area contributed by atoms with E-state index in [1.807, 2.05) is 12.1 Å². The molecule has 2 aliphatic rings. The predicted octanol–water partition coefficient (Wildman–Crippen LogP) is 1.47. The van der Waals surface area contributed by atoms with E-state index in [-0.39, 0.29) is 17.6 Å². The summed E-state index contributed by atoms with van der Waals surface area (Å²) in [6.45, 7) is 4.42. The first-order chi connectivity index (χ1) is 16.5. The average molecular weight is 485 g/mol. The Morgan fingerprint density at radius 1 is 1.24 bits per heavy atom. The minimum absolute atomic E-state index is 0.00462. The summed E-state index contributed by atoms with van der Waals surface area (Å²) in [5.41, 5.74) is 1.79. The summed E-state index contributed by atoms with van der Waals surface area (Å²) in [5.74, 6) is 0.557. The van der Waals surface area contributed by atoms with Gasteiger partial charge < -0.3 is 19.9 Å². The average Bonchev–Trinajstić information content (AvgIpc) is 2.83. The van der Waals surface area contributed by atoms with Crippen LogP contribution in [0.4, 0.5) is 10.2 Å². The highest BCUT2D eigenvalue weighted by Crippen LogP contribution is 2.29. The number of hydrogen-bond donors (Lipinski definition) is 2. The van der Waals surface area contributed by atoms with Crippen molar-refractivity contribution in [3.63, 3.8) is 0 Å². The Balaban J connectivity index is 1.14. The minimum Gasteiger partial charge on any atom is -0.374 e. The molecule has 9 nitrogen and oxygen atoms in total. The van der Waals surface area contributed by atoms with Crippen molar-refractivity contribution >= 4 is 34.5 Å². The maximum Gasteiger partial charge on any atom is 0.251 e. The van der Waals surface area contributed by atoms with Crippen LogP contribution in [0, 0.1) is 5.82 Å². The monoisotopic (exact) mass is 484 g/mol. The number of morpholine rings is 1. The van der Waals surface area contributed by atoms with Crippen molar-refractivity contribution in [1.82, 2.24) is 24.8 Å². The van der Waals surface area contributed by atoms with Crippen molar-refractivity contribution in [2.24, 2.45) is 0 Å². The van der Waals surface area contributed by atoms with E-state index in [1.165, 1.54) is 23.9 Å². The third-order valence-corrected chi connectivity index (χ3v) is 6.92. The molecular weight excluding hydrogens is 459 g/mol. The van der Waals surface area contributed by atoms with Gasteiger partial charge in [-0.2, -0.15) is 0 Å². The third-order valence-electron chi connectivity index (χ3n) is 5.88. The van der Waals surface area contributed by atoms with Crippen LogP contribution in [0.3, 0.4) is 0 Å². The van der Waals surface area contributed by atoms with Crippen molar-refractivity contribution in [2.45, 2.75) is 24.1 Å². The Hall–Kier alpha value is -2.86. The van der Waals surface area contributed by atoms with Crippen LogP contribution in [0.1, 0.15) is 5.69 Å². The summed E-state index contributed by atoms with van der Waals surface area (Å²) >= 11 is 1.49. The summed E-state index contributed by atoms with van der Waals surface area (Å²) in [6, 6.07) is 8.39. The van der Waals surface area contributed by atoms with E-state index in [4.69, 9.17) is 4.74 Å². The van der Waals surface area contributed by atoms with Crippen LogP contribution in [0.2, 0.25) is 0 Å². The van der Waals surface area contributed by atoms with Gasteiger partial charge in [0.2, 0.25) is 5.91 Å². The molecule has 2 aliphatic heterocycles. The highest BCUT2D eigenvalue weighted by molar-refractivity contribution is 8.00. The predicted molar refractivity (Wildman–Crippen MR) is 127 cm³/mol. The number of nitrogens with zero attached hydrogens (tertiary/aromatic N) is 4. The molecule has 1 saturated heterocycles. The number of hydrogen-bond acceptors (Lipinski definition) is 8. The molecule has 2 N–H and O–H groups in total. The van der Waals surface area contributed by atoms with Crippen LogP contribution in [-0.2, 0) is 22.6 Å². The van der Waals surface area contributed by atoms with Gasteiger partial charge in [-0.15, -0.1) is 11.8 Å². The largest absolute Gasteiger partial charge is 0.374 e. The number of thioether (sulfide) groups is 1. The molecule has 34 heavy (non-hydrogen) atoms. The highest BCUT2D eigenvalue weighted by atomic mass is 32.2. The molecule has 0 unspecified atom stereocenters. The van der Waals surface area contributed by atoms with Crippen LogP contribution >= 0.6 is 11.8 Å². The summed E-state index contributed by atoms with van der Waals surface area (Å²) in [5, 5.41) is 6.20. The number of anilines is 1. The zero-order valence-corrected chi connectivity index (χ0v) is 19.3. The molecule has 1 fully saturated rings. The van der Waals surface area contributed by atoms with Gasteiger partial charge in [-0.25, -0.2) is 9.37 Å². The molecule has 0 saturated carbocycles. The molecule has 0 radical (unpaired) electrons. The van der Waals surface area contributed by atoms with E-state index in [2.05, 4.69) is 25.5 Å². The molecule has 5 rings (SSSR count). The number of carbonyl (C=O) groups is 1. The lowest BCUT2D eigenvalue weighted by atomic mass is 10.2. The molecule has 5 heterocycles. The smallest absolute Gasteiger partial charge is 0.251 e. The number of pyridine rings is 3. The lowest BCUT2D eigenvalue weighted by molar-refractivity contribution is -0.113. The Kier molecular flexibility index (Phi) is 6.86. The second-order valence-corrected chi connectivity index (χ2v) is 9.31. The van der Waals surface area contributed by atoms with Gasteiger partial charge in [0.1, 0.15) is 11.6 Å². The number of ether oxygens (including phenoxy) is 1. The van der Waals surface area contributed by atoms with E-state index in [0.717, 1.165) is 29.9 Å². The summed E-state index contributed by atoms with van der Waals surface area (Å²) < 4.78 is 21.2. The second-order valence-electron chi connectivity index (χ2n) is 8.29. The molecule has 1 atom stereocenters. The number of fused-ring (bicyclic) bond motifs is 2. The van der Waals surface area contributed by atoms with Crippen molar-refractivity contribution in [2.75, 3.05) is 43.9 Å². The van der Waals surface area contributed by atoms with Gasteiger partial charge in [-0.1, -0.05) is 0 Å². The van der Waals surface area contributed by atoms with E-state index in [0.29, 0.717) is 55.4 Å². The summed E-state index contributed by atoms with van der Waals surface area (Å²) in [7, 11) is 0. The lowest BCUT2D eigenvalue weighted by Crippen LogP contribution is -2.47. The van der Waals surface area contributed by atoms with Crippen molar-refractivity contribution in [3.8, 4) is 0 Å². The standard InChI is InChI=1S/C23H25FN6O3S/c24-15-9-19-18(26-10-15)2-4-22(32)30(19)6-5-29-7-8-33-17(13-29)12-25-11-16-1-3-20-23(27-16)28-21(31)14-34-20/h1-4,9-10,17,25H,5-8,11-14H2,(H,27,28,31)/t17-/m0/s1. The van der Waals surface area contributed by atoms with Gasteiger partial charge in [0.15, 0.2) is 0 Å². The molecule has 11 heteroatoms. The first-order valence-electron chi connectivity index (χ1n) is 11.2. The summed E-state index contributed by atoms with van der Waals surface area (Å²) in [6.07, 6.45) is 1.16. The number of rotatable bonds is 7. The number of amides is 1. The zero-order chi connectivity index (χ0) is 23.5. The van der Waals surface area contributed by atoms with Crippen LogP contribution in [0.5, 0.6) is 0 Å². The molecule has 0 bridgehead atoms. The topological polar surface area (TPSA) is 101 Å². The zero-order valence-electron chi connectivity index (χ0n) is 18.5. The fourth-order valence-electron chi connectivity index (χ4n) is 4.19. The van der Waals surface area contributed by atoms with E-state index in [1.54, 1.807) is 10.6 Å². The van der Waals surface area contributed by atoms with Gasteiger partial charge in [0.05, 0.1) is 46.3 Å². The van der Waals surface area contributed by atoms with Crippen molar-refractivity contribution in [3.05, 3.63) is 58.4 Å². The number of carbonyl (C=O) groups excluding carboxylic acids is 1.